The van der Waals surface area contributed by atoms with Gasteiger partial charge in [0.25, 0.3) is 0 Å². The molecule has 2 bridgehead atoms. The van der Waals surface area contributed by atoms with E-state index in [-0.39, 0.29) is 24.0 Å². The topological polar surface area (TPSA) is 78.9 Å². The number of carboxylic acid groups (broad SMARTS) is 1. The number of carbonyl (C=O) groups excluding carboxylic acids is 1. The van der Waals surface area contributed by atoms with E-state index in [1.807, 2.05) is 38.1 Å². The molecular formula is C18H24N2O4. The van der Waals surface area contributed by atoms with Crippen molar-refractivity contribution >= 4 is 17.7 Å². The zero-order chi connectivity index (χ0) is 17.3. The fourth-order valence-corrected chi connectivity index (χ4v) is 3.82. The molecule has 0 aromatic heterocycles. The van der Waals surface area contributed by atoms with Gasteiger partial charge in [0.1, 0.15) is 5.75 Å². The number of fused-ring (bicyclic) bond motifs is 3. The summed E-state index contributed by atoms with van der Waals surface area (Å²) in [7, 11) is 0. The van der Waals surface area contributed by atoms with Crippen molar-refractivity contribution in [2.24, 2.45) is 11.8 Å². The molecule has 2 aliphatic heterocycles. The number of nitrogens with one attached hydrogen (secondary N) is 1. The van der Waals surface area contributed by atoms with E-state index in [0.29, 0.717) is 18.2 Å². The molecule has 3 atom stereocenters. The number of rotatable bonds is 4. The highest BCUT2D eigenvalue weighted by atomic mass is 16.5. The Hall–Kier alpha value is -2.24. The van der Waals surface area contributed by atoms with Gasteiger partial charge in [-0.2, -0.15) is 0 Å². The van der Waals surface area contributed by atoms with Crippen LogP contribution in [-0.4, -0.2) is 40.7 Å². The van der Waals surface area contributed by atoms with Crippen LogP contribution >= 0.6 is 0 Å². The number of anilines is 1. The van der Waals surface area contributed by atoms with Crippen LogP contribution in [0.3, 0.4) is 0 Å². The molecule has 1 saturated carbocycles. The smallest absolute Gasteiger partial charge is 0.407 e. The van der Waals surface area contributed by atoms with Crippen LogP contribution in [0.25, 0.3) is 0 Å². The molecule has 1 aliphatic carbocycles. The van der Waals surface area contributed by atoms with Crippen LogP contribution in [0.2, 0.25) is 0 Å². The summed E-state index contributed by atoms with van der Waals surface area (Å²) >= 11 is 0. The van der Waals surface area contributed by atoms with Crippen molar-refractivity contribution in [3.05, 3.63) is 24.3 Å². The van der Waals surface area contributed by atoms with Gasteiger partial charge in [-0.15, -0.1) is 0 Å². The third-order valence-corrected chi connectivity index (χ3v) is 4.85. The Kier molecular flexibility index (Phi) is 4.64. The predicted octanol–water partition coefficient (Wildman–Crippen LogP) is 3.19. The molecule has 3 fully saturated rings. The molecule has 2 saturated heterocycles. The van der Waals surface area contributed by atoms with Gasteiger partial charge in [-0.25, -0.2) is 4.79 Å². The number of hydrogen-bond donors (Lipinski definition) is 2. The molecule has 6 heteroatoms. The number of amides is 2. The maximum Gasteiger partial charge on any atom is 0.407 e. The quantitative estimate of drug-likeness (QED) is 0.887. The van der Waals surface area contributed by atoms with Crippen molar-refractivity contribution in [1.29, 1.82) is 0 Å². The summed E-state index contributed by atoms with van der Waals surface area (Å²) in [4.78, 5) is 25.4. The fraction of sp³-hybridized carbons (Fsp3) is 0.556. The maximum absolute atomic E-state index is 12.6. The van der Waals surface area contributed by atoms with E-state index in [2.05, 4.69) is 5.32 Å². The lowest BCUT2D eigenvalue weighted by Gasteiger charge is -2.47. The van der Waals surface area contributed by atoms with Crippen molar-refractivity contribution in [2.45, 2.75) is 45.3 Å². The second-order valence-corrected chi connectivity index (χ2v) is 6.97. The number of benzene rings is 1. The molecule has 4 rings (SSSR count). The Labute approximate surface area is 141 Å². The molecule has 130 valence electrons. The van der Waals surface area contributed by atoms with E-state index < -0.39 is 6.09 Å². The van der Waals surface area contributed by atoms with E-state index in [0.717, 1.165) is 25.0 Å². The summed E-state index contributed by atoms with van der Waals surface area (Å²) < 4.78 is 5.59. The molecule has 2 N–H and O–H groups in total. The van der Waals surface area contributed by atoms with Gasteiger partial charge in [-0.3, -0.25) is 4.79 Å². The molecule has 3 aliphatic rings. The molecule has 1 aromatic rings. The lowest BCUT2D eigenvalue weighted by Crippen LogP contribution is -2.57. The third-order valence-electron chi connectivity index (χ3n) is 4.85. The van der Waals surface area contributed by atoms with Gasteiger partial charge >= 0.3 is 6.09 Å². The first-order valence-electron chi connectivity index (χ1n) is 8.51. The van der Waals surface area contributed by atoms with Crippen molar-refractivity contribution in [2.75, 3.05) is 11.9 Å². The molecule has 1 aromatic carbocycles. The Morgan fingerprint density at radius 1 is 1.25 bits per heavy atom. The van der Waals surface area contributed by atoms with Gasteiger partial charge in [0, 0.05) is 18.3 Å². The van der Waals surface area contributed by atoms with Gasteiger partial charge in [0.2, 0.25) is 5.91 Å². The largest absolute Gasteiger partial charge is 0.491 e. The minimum Gasteiger partial charge on any atom is -0.491 e. The van der Waals surface area contributed by atoms with Gasteiger partial charge in [0.15, 0.2) is 0 Å². The number of piperidine rings is 2. The zero-order valence-corrected chi connectivity index (χ0v) is 14.1. The SMILES string of the molecule is CC(C)Oc1ccc(NC(=O)C2CC3CCC2N(C(=O)O)C3)cc1. The minimum atomic E-state index is -0.919. The van der Waals surface area contributed by atoms with E-state index >= 15 is 0 Å². The summed E-state index contributed by atoms with van der Waals surface area (Å²) in [5, 5.41) is 12.3. The van der Waals surface area contributed by atoms with Crippen molar-refractivity contribution in [1.82, 2.24) is 4.90 Å². The summed E-state index contributed by atoms with van der Waals surface area (Å²) in [6.07, 6.45) is 1.74. The van der Waals surface area contributed by atoms with Gasteiger partial charge in [-0.05, 0) is 63.3 Å². The standard InChI is InChI=1S/C18H24N2O4/c1-11(2)24-14-6-4-13(5-7-14)19-17(21)15-9-12-3-8-16(15)20(10-12)18(22)23/h4-7,11-12,15-16H,3,8-10H2,1-2H3,(H,19,21)(H,22,23). The molecule has 2 amide bonds. The highest BCUT2D eigenvalue weighted by Crippen LogP contribution is 2.39. The summed E-state index contributed by atoms with van der Waals surface area (Å²) in [5.41, 5.74) is 0.708. The first-order valence-corrected chi connectivity index (χ1v) is 8.51. The van der Waals surface area contributed by atoms with Crippen LogP contribution in [0.4, 0.5) is 10.5 Å². The second kappa shape index (κ2) is 6.71. The summed E-state index contributed by atoms with van der Waals surface area (Å²) in [6.45, 7) is 4.48. The van der Waals surface area contributed by atoms with E-state index in [9.17, 15) is 14.7 Å². The lowest BCUT2D eigenvalue weighted by atomic mass is 9.72. The minimum absolute atomic E-state index is 0.0897. The lowest BCUT2D eigenvalue weighted by molar-refractivity contribution is -0.126. The predicted molar refractivity (Wildman–Crippen MR) is 90.2 cm³/mol. The number of carbonyl (C=O) groups is 2. The van der Waals surface area contributed by atoms with E-state index in [4.69, 9.17) is 4.74 Å². The first-order chi connectivity index (χ1) is 11.4. The molecule has 2 heterocycles. The van der Waals surface area contributed by atoms with Crippen LogP contribution in [0.1, 0.15) is 33.1 Å². The maximum atomic E-state index is 12.6. The number of ether oxygens (including phenoxy) is 1. The van der Waals surface area contributed by atoms with Gasteiger partial charge in [-0.1, -0.05) is 0 Å². The average Bonchev–Trinajstić information content (AvgIpc) is 2.56. The van der Waals surface area contributed by atoms with Crippen LogP contribution < -0.4 is 10.1 Å². The van der Waals surface area contributed by atoms with Gasteiger partial charge < -0.3 is 20.1 Å². The van der Waals surface area contributed by atoms with E-state index in [1.54, 1.807) is 0 Å². The Bertz CT molecular complexity index is 614. The molecule has 0 radical (unpaired) electrons. The highest BCUT2D eigenvalue weighted by Gasteiger charge is 2.45. The third kappa shape index (κ3) is 3.47. The van der Waals surface area contributed by atoms with Crippen LogP contribution in [0.5, 0.6) is 5.75 Å². The molecule has 3 unspecified atom stereocenters. The summed E-state index contributed by atoms with van der Waals surface area (Å²) in [6, 6.07) is 7.08. The van der Waals surface area contributed by atoms with Crippen LogP contribution in [-0.2, 0) is 4.79 Å². The van der Waals surface area contributed by atoms with E-state index in [1.165, 1.54) is 4.90 Å². The molecule has 6 nitrogen and oxygen atoms in total. The highest BCUT2D eigenvalue weighted by molar-refractivity contribution is 5.93. The summed E-state index contributed by atoms with van der Waals surface area (Å²) in [5.74, 6) is 0.703. The van der Waals surface area contributed by atoms with Gasteiger partial charge in [0.05, 0.1) is 12.0 Å². The Morgan fingerprint density at radius 2 is 1.96 bits per heavy atom. The van der Waals surface area contributed by atoms with Crippen molar-refractivity contribution in [3.8, 4) is 5.75 Å². The molecule has 24 heavy (non-hydrogen) atoms. The van der Waals surface area contributed by atoms with Crippen LogP contribution in [0, 0.1) is 11.8 Å². The molecule has 0 spiro atoms. The monoisotopic (exact) mass is 332 g/mol. The first kappa shape index (κ1) is 16.6. The Morgan fingerprint density at radius 3 is 2.54 bits per heavy atom. The second-order valence-electron chi connectivity index (χ2n) is 6.97. The molecular weight excluding hydrogens is 308 g/mol. The van der Waals surface area contributed by atoms with Crippen LogP contribution in [0.15, 0.2) is 24.3 Å². The number of nitrogens with zero attached hydrogens (tertiary/aromatic N) is 1. The van der Waals surface area contributed by atoms with Crippen molar-refractivity contribution < 1.29 is 19.4 Å². The normalized spacial score (nSPS) is 25.6. The fourth-order valence-electron chi connectivity index (χ4n) is 3.82. The van der Waals surface area contributed by atoms with Crippen molar-refractivity contribution in [3.63, 3.8) is 0 Å². The zero-order valence-electron chi connectivity index (χ0n) is 14.1. The average molecular weight is 332 g/mol. The Balaban J connectivity index is 1.65. The number of hydrogen-bond acceptors (Lipinski definition) is 3.